The van der Waals surface area contributed by atoms with E-state index in [9.17, 15) is 10.2 Å². The van der Waals surface area contributed by atoms with Gasteiger partial charge in [-0.1, -0.05) is 0 Å². The Morgan fingerprint density at radius 3 is 2.50 bits per heavy atom. The molecule has 0 saturated carbocycles. The van der Waals surface area contributed by atoms with Crippen molar-refractivity contribution in [3.63, 3.8) is 0 Å². The van der Waals surface area contributed by atoms with Gasteiger partial charge in [0.25, 0.3) is 0 Å². The van der Waals surface area contributed by atoms with E-state index >= 15 is 0 Å². The van der Waals surface area contributed by atoms with Crippen molar-refractivity contribution in [3.05, 3.63) is 0 Å². The summed E-state index contributed by atoms with van der Waals surface area (Å²) in [5, 5.41) is 28.8. The molecule has 5 atom stereocenters. The van der Waals surface area contributed by atoms with Gasteiger partial charge in [0.15, 0.2) is 6.29 Å². The van der Waals surface area contributed by atoms with E-state index in [0.717, 1.165) is 12.8 Å². The molecule has 3 unspecified atom stereocenters. The molecule has 5 N–H and O–H groups in total. The van der Waals surface area contributed by atoms with E-state index < -0.39 is 30.7 Å². The number of ether oxygens (including phenoxy) is 3. The van der Waals surface area contributed by atoms with Crippen molar-refractivity contribution in [1.82, 2.24) is 0 Å². The van der Waals surface area contributed by atoms with Crippen molar-refractivity contribution < 1.29 is 29.5 Å². The van der Waals surface area contributed by atoms with Crippen LogP contribution < -0.4 is 5.73 Å². The third kappa shape index (κ3) is 3.86. The van der Waals surface area contributed by atoms with Crippen LogP contribution in [0, 0.1) is 0 Å². The molecule has 1 heterocycles. The minimum absolute atomic E-state index is 0.315. The van der Waals surface area contributed by atoms with Crippen LogP contribution in [0.3, 0.4) is 0 Å². The minimum Gasteiger partial charge on any atom is -0.394 e. The van der Waals surface area contributed by atoms with E-state index in [2.05, 4.69) is 0 Å². The number of unbranched alkanes of at least 4 members (excludes halogenated alkanes) is 1. The smallest absolute Gasteiger partial charge is 0.186 e. The highest BCUT2D eigenvalue weighted by Crippen LogP contribution is 2.23. The Morgan fingerprint density at radius 2 is 1.94 bits per heavy atom. The summed E-state index contributed by atoms with van der Waals surface area (Å²) in [5.74, 6) is 0. The number of nitrogens with two attached hydrogens (primary N) is 1. The van der Waals surface area contributed by atoms with Crippen molar-refractivity contribution in [2.75, 3.05) is 26.9 Å². The highest BCUT2D eigenvalue weighted by molar-refractivity contribution is 4.89. The van der Waals surface area contributed by atoms with Crippen molar-refractivity contribution in [1.29, 1.82) is 0 Å². The van der Waals surface area contributed by atoms with Gasteiger partial charge in [0.2, 0.25) is 0 Å². The molecule has 0 spiro atoms. The lowest BCUT2D eigenvalue weighted by molar-refractivity contribution is -0.304. The van der Waals surface area contributed by atoms with Crippen LogP contribution in [-0.2, 0) is 14.2 Å². The highest BCUT2D eigenvalue weighted by atomic mass is 16.7. The van der Waals surface area contributed by atoms with Gasteiger partial charge in [-0.15, -0.1) is 0 Å². The number of hydrogen-bond acceptors (Lipinski definition) is 7. The van der Waals surface area contributed by atoms with E-state index in [1.165, 1.54) is 7.11 Å². The molecule has 1 fully saturated rings. The van der Waals surface area contributed by atoms with Gasteiger partial charge in [-0.2, -0.15) is 0 Å². The van der Waals surface area contributed by atoms with E-state index in [0.29, 0.717) is 13.2 Å². The topological polar surface area (TPSA) is 114 Å². The van der Waals surface area contributed by atoms with Crippen LogP contribution in [-0.4, -0.2) is 72.9 Å². The zero-order valence-electron chi connectivity index (χ0n) is 10.6. The summed E-state index contributed by atoms with van der Waals surface area (Å²) in [5.41, 5.74) is 5.35. The molecule has 1 saturated heterocycles. The van der Waals surface area contributed by atoms with E-state index in [-0.39, 0.29) is 6.61 Å². The Balaban J connectivity index is 2.48. The first kappa shape index (κ1) is 15.8. The molecule has 7 heteroatoms. The van der Waals surface area contributed by atoms with Crippen LogP contribution in [0.2, 0.25) is 0 Å². The van der Waals surface area contributed by atoms with Crippen molar-refractivity contribution in [2.24, 2.45) is 5.73 Å². The summed E-state index contributed by atoms with van der Waals surface area (Å²) in [6.45, 7) is 0.636. The summed E-state index contributed by atoms with van der Waals surface area (Å²) in [7, 11) is 1.38. The fraction of sp³-hybridized carbons (Fsp3) is 1.00. The van der Waals surface area contributed by atoms with Crippen LogP contribution in [0.15, 0.2) is 0 Å². The average molecular weight is 265 g/mol. The molecule has 18 heavy (non-hydrogen) atoms. The second-order valence-corrected chi connectivity index (χ2v) is 4.27. The number of hydrogen-bond donors (Lipinski definition) is 4. The monoisotopic (exact) mass is 265 g/mol. The molecule has 1 aliphatic rings. The largest absolute Gasteiger partial charge is 0.394 e. The lowest BCUT2D eigenvalue weighted by Crippen LogP contribution is -2.59. The molecule has 0 amide bonds. The lowest BCUT2D eigenvalue weighted by atomic mass is 9.99. The second kappa shape index (κ2) is 8.00. The van der Waals surface area contributed by atoms with E-state index in [1.54, 1.807) is 0 Å². The van der Waals surface area contributed by atoms with Gasteiger partial charge in [-0.3, -0.25) is 0 Å². The normalized spacial score (nSPS) is 36.8. The first-order valence-electron chi connectivity index (χ1n) is 6.12. The minimum atomic E-state index is -1.20. The van der Waals surface area contributed by atoms with Crippen LogP contribution >= 0.6 is 0 Å². The third-order valence-electron chi connectivity index (χ3n) is 2.97. The van der Waals surface area contributed by atoms with Crippen LogP contribution in [0.5, 0.6) is 0 Å². The van der Waals surface area contributed by atoms with Crippen LogP contribution in [0.1, 0.15) is 12.8 Å². The molecule has 0 radical (unpaired) electrons. The Bertz CT molecular complexity index is 228. The lowest BCUT2D eigenvalue weighted by Gasteiger charge is -2.41. The summed E-state index contributed by atoms with van der Waals surface area (Å²) in [6.07, 6.45) is -3.23. The van der Waals surface area contributed by atoms with Gasteiger partial charge < -0.3 is 35.3 Å². The molecule has 1 rings (SSSR count). The molecule has 0 aromatic heterocycles. The van der Waals surface area contributed by atoms with Gasteiger partial charge in [0, 0.05) is 13.7 Å². The SMILES string of the molecule is CO[C@@H]1C(CO)O[C@@H](OCCCCN)C(O)C1O. The molecule has 0 aromatic rings. The molecular formula is C11H23NO6. The molecule has 0 aliphatic carbocycles. The molecule has 7 nitrogen and oxygen atoms in total. The maximum atomic E-state index is 9.85. The van der Waals surface area contributed by atoms with Crippen LogP contribution in [0.4, 0.5) is 0 Å². The molecule has 108 valence electrons. The Labute approximate surface area is 106 Å². The zero-order valence-corrected chi connectivity index (χ0v) is 10.6. The van der Waals surface area contributed by atoms with Gasteiger partial charge >= 0.3 is 0 Å². The number of rotatable bonds is 7. The predicted molar refractivity (Wildman–Crippen MR) is 62.8 cm³/mol. The number of methoxy groups -OCH3 is 1. The summed E-state index contributed by atoms with van der Waals surface area (Å²) in [6, 6.07) is 0. The quantitative estimate of drug-likeness (QED) is 0.401. The summed E-state index contributed by atoms with van der Waals surface area (Å²) >= 11 is 0. The Morgan fingerprint density at radius 1 is 1.22 bits per heavy atom. The van der Waals surface area contributed by atoms with Crippen molar-refractivity contribution in [3.8, 4) is 0 Å². The van der Waals surface area contributed by atoms with Gasteiger partial charge in [-0.05, 0) is 19.4 Å². The average Bonchev–Trinajstić information content (AvgIpc) is 2.39. The number of aliphatic hydroxyl groups is 3. The van der Waals surface area contributed by atoms with Crippen molar-refractivity contribution in [2.45, 2.75) is 43.5 Å². The standard InChI is InChI=1S/C11H23NO6/c1-16-10-7(6-13)18-11(9(15)8(10)14)17-5-3-2-4-12/h7-11,13-15H,2-6,12H2,1H3/t7?,8?,9?,10-,11-/m1/s1. The van der Waals surface area contributed by atoms with Crippen LogP contribution in [0.25, 0.3) is 0 Å². The molecule has 0 bridgehead atoms. The Kier molecular flexibility index (Phi) is 7.02. The van der Waals surface area contributed by atoms with Gasteiger partial charge in [0.05, 0.1) is 6.61 Å². The molecular weight excluding hydrogens is 242 g/mol. The molecule has 0 aromatic carbocycles. The Hall–Kier alpha value is -0.280. The fourth-order valence-electron chi connectivity index (χ4n) is 1.93. The fourth-order valence-corrected chi connectivity index (χ4v) is 1.93. The summed E-state index contributed by atoms with van der Waals surface area (Å²) in [4.78, 5) is 0. The van der Waals surface area contributed by atoms with E-state index in [1.807, 2.05) is 0 Å². The third-order valence-corrected chi connectivity index (χ3v) is 2.97. The maximum absolute atomic E-state index is 9.85. The van der Waals surface area contributed by atoms with Gasteiger partial charge in [-0.25, -0.2) is 0 Å². The van der Waals surface area contributed by atoms with Crippen molar-refractivity contribution >= 4 is 0 Å². The maximum Gasteiger partial charge on any atom is 0.186 e. The zero-order chi connectivity index (χ0) is 13.5. The first-order valence-corrected chi connectivity index (χ1v) is 6.12. The van der Waals surface area contributed by atoms with E-state index in [4.69, 9.17) is 25.1 Å². The number of aliphatic hydroxyl groups excluding tert-OH is 3. The molecule has 1 aliphatic heterocycles. The highest BCUT2D eigenvalue weighted by Gasteiger charge is 2.44. The second-order valence-electron chi connectivity index (χ2n) is 4.27. The summed E-state index contributed by atoms with van der Waals surface area (Å²) < 4.78 is 15.7. The predicted octanol–water partition coefficient (Wildman–Crippen LogP) is -1.80. The van der Waals surface area contributed by atoms with Gasteiger partial charge in [0.1, 0.15) is 24.4 Å². The first-order chi connectivity index (χ1) is 8.65.